The fraction of sp³-hybridized carbons (Fsp3) is 0.435. The maximum absolute atomic E-state index is 12.8. The predicted octanol–water partition coefficient (Wildman–Crippen LogP) is 4.93. The lowest BCUT2D eigenvalue weighted by molar-refractivity contribution is 0.0588. The summed E-state index contributed by atoms with van der Waals surface area (Å²) in [6, 6.07) is 13.1. The Labute approximate surface area is 177 Å². The third-order valence-electron chi connectivity index (χ3n) is 4.85. The highest BCUT2D eigenvalue weighted by atomic mass is 16.6. The van der Waals surface area contributed by atoms with Crippen LogP contribution < -0.4 is 4.90 Å². The van der Waals surface area contributed by atoms with Crippen molar-refractivity contribution in [2.24, 2.45) is 0 Å². The molecular weight excluding hydrogens is 382 g/mol. The van der Waals surface area contributed by atoms with E-state index in [4.69, 9.17) is 9.47 Å². The molecule has 1 atom stereocenters. The first-order valence-corrected chi connectivity index (χ1v) is 10.2. The summed E-state index contributed by atoms with van der Waals surface area (Å²) < 4.78 is 11.0. The molecule has 1 unspecified atom stereocenters. The molecule has 160 valence electrons. The molecule has 0 spiro atoms. The van der Waals surface area contributed by atoms with Gasteiger partial charge in [-0.25, -0.2) is 14.6 Å². The van der Waals surface area contributed by atoms with Crippen LogP contribution in [-0.2, 0) is 16.1 Å². The van der Waals surface area contributed by atoms with Crippen molar-refractivity contribution in [2.45, 2.75) is 51.9 Å². The maximum atomic E-state index is 12.8. The van der Waals surface area contributed by atoms with E-state index < -0.39 is 11.7 Å². The Bertz CT molecular complexity index is 880. The molecule has 1 saturated heterocycles. The van der Waals surface area contributed by atoms with E-state index in [0.29, 0.717) is 12.4 Å². The van der Waals surface area contributed by atoms with Gasteiger partial charge in [0.25, 0.3) is 0 Å². The monoisotopic (exact) mass is 411 g/mol. The van der Waals surface area contributed by atoms with Gasteiger partial charge in [-0.3, -0.25) is 4.90 Å². The van der Waals surface area contributed by atoms with Crippen molar-refractivity contribution in [3.8, 4) is 0 Å². The summed E-state index contributed by atoms with van der Waals surface area (Å²) in [5.74, 6) is 0.486. The van der Waals surface area contributed by atoms with Crippen molar-refractivity contribution in [1.82, 2.24) is 9.88 Å². The molecule has 2 heterocycles. The van der Waals surface area contributed by atoms with Crippen LogP contribution in [0.15, 0.2) is 48.7 Å². The molecule has 0 N–H and O–H groups in total. The summed E-state index contributed by atoms with van der Waals surface area (Å²) >= 11 is 0. The first-order valence-electron chi connectivity index (χ1n) is 10.2. The van der Waals surface area contributed by atoms with E-state index >= 15 is 0 Å². The Kier molecular flexibility index (Phi) is 6.59. The molecule has 0 aliphatic carbocycles. The van der Waals surface area contributed by atoms with Crippen molar-refractivity contribution in [3.05, 3.63) is 59.8 Å². The van der Waals surface area contributed by atoms with E-state index in [1.54, 1.807) is 18.1 Å². The van der Waals surface area contributed by atoms with Gasteiger partial charge < -0.3 is 14.4 Å². The van der Waals surface area contributed by atoms with Gasteiger partial charge in [-0.1, -0.05) is 36.4 Å². The molecule has 0 radical (unpaired) electrons. The van der Waals surface area contributed by atoms with Crippen LogP contribution in [0, 0.1) is 0 Å². The lowest BCUT2D eigenvalue weighted by atomic mass is 10.1. The number of rotatable bonds is 4. The molecule has 0 saturated carbocycles. The molecule has 7 nitrogen and oxygen atoms in total. The minimum atomic E-state index is -0.610. The van der Waals surface area contributed by atoms with Crippen LogP contribution in [-0.4, -0.2) is 41.3 Å². The minimum Gasteiger partial charge on any atom is -0.445 e. The van der Waals surface area contributed by atoms with Crippen molar-refractivity contribution in [2.75, 3.05) is 18.5 Å². The molecule has 1 aromatic carbocycles. The quantitative estimate of drug-likeness (QED) is 0.714. The Balaban J connectivity index is 1.76. The zero-order chi connectivity index (χ0) is 21.7. The van der Waals surface area contributed by atoms with Gasteiger partial charge in [0.05, 0.1) is 6.04 Å². The fourth-order valence-electron chi connectivity index (χ4n) is 3.48. The molecule has 2 aromatic rings. The zero-order valence-corrected chi connectivity index (χ0v) is 18.0. The first kappa shape index (κ1) is 21.6. The van der Waals surface area contributed by atoms with Crippen LogP contribution in [0.4, 0.5) is 15.4 Å². The summed E-state index contributed by atoms with van der Waals surface area (Å²) in [4.78, 5) is 32.9. The maximum Gasteiger partial charge on any atom is 0.415 e. The van der Waals surface area contributed by atoms with Crippen LogP contribution in [0.3, 0.4) is 0 Å². The SMILES string of the molecule is CN(C(=O)OC(C)(C)C)c1ncccc1C1CCCN1C(=O)OCc1ccccc1. The Morgan fingerprint density at radius 2 is 1.90 bits per heavy atom. The molecule has 30 heavy (non-hydrogen) atoms. The topological polar surface area (TPSA) is 72.0 Å². The average Bonchev–Trinajstić information content (AvgIpc) is 3.21. The highest BCUT2D eigenvalue weighted by Gasteiger charge is 2.34. The van der Waals surface area contributed by atoms with Gasteiger partial charge in [0.15, 0.2) is 0 Å². The van der Waals surface area contributed by atoms with Crippen LogP contribution in [0.1, 0.15) is 50.8 Å². The molecule has 1 fully saturated rings. The van der Waals surface area contributed by atoms with E-state index in [1.165, 1.54) is 4.90 Å². The van der Waals surface area contributed by atoms with Crippen molar-refractivity contribution < 1.29 is 19.1 Å². The van der Waals surface area contributed by atoms with E-state index in [0.717, 1.165) is 24.0 Å². The summed E-state index contributed by atoms with van der Waals surface area (Å²) in [6.07, 6.45) is 2.42. The van der Waals surface area contributed by atoms with Gasteiger partial charge in [-0.2, -0.15) is 0 Å². The summed E-state index contributed by atoms with van der Waals surface area (Å²) in [5, 5.41) is 0. The van der Waals surface area contributed by atoms with Gasteiger partial charge in [-0.05, 0) is 45.2 Å². The number of likely N-dealkylation sites (tertiary alicyclic amines) is 1. The number of hydrogen-bond acceptors (Lipinski definition) is 5. The van der Waals surface area contributed by atoms with Crippen LogP contribution in [0.25, 0.3) is 0 Å². The van der Waals surface area contributed by atoms with Crippen LogP contribution >= 0.6 is 0 Å². The number of ether oxygens (including phenoxy) is 2. The number of benzene rings is 1. The second kappa shape index (κ2) is 9.15. The number of carbonyl (C=O) groups excluding carboxylic acids is 2. The number of hydrogen-bond donors (Lipinski definition) is 0. The lowest BCUT2D eigenvalue weighted by Gasteiger charge is -2.29. The third-order valence-corrected chi connectivity index (χ3v) is 4.85. The van der Waals surface area contributed by atoms with E-state index in [2.05, 4.69) is 4.98 Å². The molecule has 3 rings (SSSR count). The Hall–Kier alpha value is -3.09. The molecule has 1 aliphatic heterocycles. The normalized spacial score (nSPS) is 16.3. The van der Waals surface area contributed by atoms with E-state index in [9.17, 15) is 9.59 Å². The molecule has 1 aliphatic rings. The molecule has 0 bridgehead atoms. The van der Waals surface area contributed by atoms with Crippen molar-refractivity contribution >= 4 is 18.0 Å². The molecule has 1 aromatic heterocycles. The summed E-state index contributed by atoms with van der Waals surface area (Å²) in [6.45, 7) is 6.28. The van der Waals surface area contributed by atoms with Crippen molar-refractivity contribution in [3.63, 3.8) is 0 Å². The number of amides is 2. The highest BCUT2D eigenvalue weighted by Crippen LogP contribution is 2.36. The molecule has 2 amide bonds. The second-order valence-corrected chi connectivity index (χ2v) is 8.35. The lowest BCUT2D eigenvalue weighted by Crippen LogP contribution is -2.36. The standard InChI is InChI=1S/C23H29N3O4/c1-23(2,3)30-21(27)25(4)20-18(12-8-14-24-20)19-13-9-15-26(19)22(28)29-16-17-10-6-5-7-11-17/h5-8,10-12,14,19H,9,13,15-16H2,1-4H3. The number of carbonyl (C=O) groups is 2. The summed E-state index contributed by atoms with van der Waals surface area (Å²) in [5.41, 5.74) is 1.13. The van der Waals surface area contributed by atoms with E-state index in [1.807, 2.05) is 63.2 Å². The zero-order valence-electron chi connectivity index (χ0n) is 18.0. The number of nitrogens with zero attached hydrogens (tertiary/aromatic N) is 3. The second-order valence-electron chi connectivity index (χ2n) is 8.35. The average molecular weight is 412 g/mol. The minimum absolute atomic E-state index is 0.207. The summed E-state index contributed by atoms with van der Waals surface area (Å²) in [7, 11) is 1.63. The van der Waals surface area contributed by atoms with Crippen molar-refractivity contribution in [1.29, 1.82) is 0 Å². The number of pyridine rings is 1. The molecular formula is C23H29N3O4. The number of anilines is 1. The fourth-order valence-corrected chi connectivity index (χ4v) is 3.48. The molecule has 7 heteroatoms. The van der Waals surface area contributed by atoms with Gasteiger partial charge in [0, 0.05) is 25.4 Å². The van der Waals surface area contributed by atoms with Gasteiger partial charge >= 0.3 is 12.2 Å². The largest absolute Gasteiger partial charge is 0.445 e. The predicted molar refractivity (Wildman–Crippen MR) is 114 cm³/mol. The van der Waals surface area contributed by atoms with Gasteiger partial charge in [0.2, 0.25) is 0 Å². The Morgan fingerprint density at radius 1 is 1.17 bits per heavy atom. The van der Waals surface area contributed by atoms with E-state index in [-0.39, 0.29) is 18.7 Å². The van der Waals surface area contributed by atoms with Gasteiger partial charge in [0.1, 0.15) is 18.0 Å². The number of aromatic nitrogens is 1. The van der Waals surface area contributed by atoms with Crippen LogP contribution in [0.5, 0.6) is 0 Å². The van der Waals surface area contributed by atoms with Crippen LogP contribution in [0.2, 0.25) is 0 Å². The Morgan fingerprint density at radius 3 is 2.60 bits per heavy atom. The highest BCUT2D eigenvalue weighted by molar-refractivity contribution is 5.87. The smallest absolute Gasteiger partial charge is 0.415 e. The first-order chi connectivity index (χ1) is 14.3. The third kappa shape index (κ3) is 5.28. The van der Waals surface area contributed by atoms with Gasteiger partial charge in [-0.15, -0.1) is 0 Å².